The zero-order valence-electron chi connectivity index (χ0n) is 20.1. The molecule has 0 bridgehead atoms. The molecule has 7 nitrogen and oxygen atoms in total. The second-order valence-electron chi connectivity index (χ2n) is 7.84. The maximum absolute atomic E-state index is 14.2. The van der Waals surface area contributed by atoms with Gasteiger partial charge in [-0.05, 0) is 52.7 Å². The molecular formula is C25H19BrClF3N2O5S. The number of methoxy groups -OCH3 is 2. The van der Waals surface area contributed by atoms with Gasteiger partial charge < -0.3 is 14.2 Å². The number of ether oxygens (including phenoxy) is 3. The van der Waals surface area contributed by atoms with Crippen LogP contribution < -0.4 is 24.4 Å². The molecule has 0 saturated carbocycles. The Morgan fingerprint density at radius 2 is 1.84 bits per heavy atom. The number of fused-ring (bicyclic) bond motifs is 1. The normalized spacial score (nSPS) is 15.7. The van der Waals surface area contributed by atoms with Gasteiger partial charge in [-0.2, -0.15) is 13.2 Å². The van der Waals surface area contributed by atoms with Crippen LogP contribution in [0.15, 0.2) is 61.9 Å². The van der Waals surface area contributed by atoms with Crippen molar-refractivity contribution in [2.24, 2.45) is 4.99 Å². The van der Waals surface area contributed by atoms with Crippen LogP contribution in [0.3, 0.4) is 0 Å². The number of hydrogen-bond acceptors (Lipinski definition) is 7. The number of carbonyl (C=O) groups is 1. The first kappa shape index (κ1) is 27.9. The summed E-state index contributed by atoms with van der Waals surface area (Å²) in [4.78, 5) is 30.1. The van der Waals surface area contributed by atoms with Gasteiger partial charge in [-0.3, -0.25) is 9.36 Å². The first-order chi connectivity index (χ1) is 18.0. The largest absolute Gasteiger partial charge is 0.496 e. The lowest BCUT2D eigenvalue weighted by Crippen LogP contribution is -2.41. The van der Waals surface area contributed by atoms with Crippen molar-refractivity contribution >= 4 is 50.9 Å². The molecule has 1 aliphatic rings. The van der Waals surface area contributed by atoms with Crippen LogP contribution in [0, 0.1) is 0 Å². The van der Waals surface area contributed by atoms with E-state index in [-0.39, 0.29) is 21.5 Å². The second-order valence-corrected chi connectivity index (χ2v) is 10.1. The number of hydrogen-bond donors (Lipinski definition) is 0. The molecule has 38 heavy (non-hydrogen) atoms. The van der Waals surface area contributed by atoms with E-state index in [1.807, 2.05) is 0 Å². The monoisotopic (exact) mass is 630 g/mol. The van der Waals surface area contributed by atoms with Crippen molar-refractivity contribution in [1.29, 1.82) is 0 Å². The van der Waals surface area contributed by atoms with Gasteiger partial charge in [0.2, 0.25) is 0 Å². The predicted octanol–water partition coefficient (Wildman–Crippen LogP) is 4.77. The molecule has 1 aliphatic heterocycles. The van der Waals surface area contributed by atoms with Gasteiger partial charge in [0.25, 0.3) is 5.56 Å². The minimum absolute atomic E-state index is 0.0738. The number of rotatable bonds is 6. The number of halogens is 5. The van der Waals surface area contributed by atoms with Crippen molar-refractivity contribution in [3.8, 4) is 11.5 Å². The maximum atomic E-state index is 14.2. The molecule has 0 aliphatic carbocycles. The van der Waals surface area contributed by atoms with Crippen LogP contribution >= 0.6 is 38.9 Å². The third-order valence-electron chi connectivity index (χ3n) is 5.57. The summed E-state index contributed by atoms with van der Waals surface area (Å²) in [6.45, 7) is 1.30. The molecule has 0 saturated heterocycles. The van der Waals surface area contributed by atoms with Gasteiger partial charge in [-0.15, -0.1) is 0 Å². The number of esters is 1. The third kappa shape index (κ3) is 5.25. The molecule has 0 radical (unpaired) electrons. The topological polar surface area (TPSA) is 79.1 Å². The Kier molecular flexibility index (Phi) is 8.05. The Morgan fingerprint density at radius 1 is 1.18 bits per heavy atom. The summed E-state index contributed by atoms with van der Waals surface area (Å²) >= 11 is 10.1. The molecule has 1 atom stereocenters. The quantitative estimate of drug-likeness (QED) is 0.366. The standard InChI is InChI=1S/C25H19BrClF3N2O5S/c1-4-37-23(34)19-20(12-5-7-14(27)8-6-12)32-22(33)18(38-24(32)31-21(19)25(28,29)30)10-13-9-15(26)17(36-3)11-16(13)35-2/h5-11,20H,4H2,1-3H3/b18-10-/t20-/m1/s1. The van der Waals surface area contributed by atoms with Gasteiger partial charge in [-0.25, -0.2) is 9.79 Å². The predicted molar refractivity (Wildman–Crippen MR) is 139 cm³/mol. The minimum Gasteiger partial charge on any atom is -0.496 e. The number of benzene rings is 2. The molecule has 0 amide bonds. The van der Waals surface area contributed by atoms with Crippen LogP contribution in [-0.2, 0) is 9.53 Å². The fraction of sp³-hybridized carbons (Fsp3) is 0.240. The molecule has 0 spiro atoms. The number of nitrogens with zero attached hydrogens (tertiary/aromatic N) is 2. The number of allylic oxidation sites excluding steroid dienone is 1. The van der Waals surface area contributed by atoms with Crippen molar-refractivity contribution in [2.75, 3.05) is 20.8 Å². The van der Waals surface area contributed by atoms with E-state index < -0.39 is 35.0 Å². The van der Waals surface area contributed by atoms with Crippen molar-refractivity contribution < 1.29 is 32.2 Å². The minimum atomic E-state index is -4.99. The summed E-state index contributed by atoms with van der Waals surface area (Å²) in [6.07, 6.45) is -3.51. The lowest BCUT2D eigenvalue weighted by molar-refractivity contribution is -0.140. The van der Waals surface area contributed by atoms with E-state index in [0.717, 1.165) is 15.9 Å². The van der Waals surface area contributed by atoms with Gasteiger partial charge in [0.15, 0.2) is 10.5 Å². The second kappa shape index (κ2) is 11.0. The third-order valence-corrected chi connectivity index (χ3v) is 7.43. The summed E-state index contributed by atoms with van der Waals surface area (Å²) in [5.41, 5.74) is -2.16. The summed E-state index contributed by atoms with van der Waals surface area (Å²) in [7, 11) is 2.91. The molecule has 0 fully saturated rings. The average Bonchev–Trinajstić information content (AvgIpc) is 3.18. The van der Waals surface area contributed by atoms with E-state index in [9.17, 15) is 22.8 Å². The highest BCUT2D eigenvalue weighted by Crippen LogP contribution is 2.38. The highest BCUT2D eigenvalue weighted by molar-refractivity contribution is 9.10. The van der Waals surface area contributed by atoms with Crippen LogP contribution in [0.1, 0.15) is 24.1 Å². The molecule has 13 heteroatoms. The Hall–Kier alpha value is -3.09. The summed E-state index contributed by atoms with van der Waals surface area (Å²) < 4.78 is 60.0. The SMILES string of the molecule is CCOC(=O)C1=C(C(F)(F)F)N=c2s/c(=C\c3cc(Br)c(OC)cc3OC)c(=O)n2[C@@H]1c1ccc(Cl)cc1. The molecular weight excluding hydrogens is 613 g/mol. The summed E-state index contributed by atoms with van der Waals surface area (Å²) in [5, 5.41) is 0.330. The Bertz CT molecular complexity index is 1610. The van der Waals surface area contributed by atoms with E-state index >= 15 is 0 Å². The van der Waals surface area contributed by atoms with Gasteiger partial charge >= 0.3 is 12.1 Å². The molecule has 200 valence electrons. The Balaban J connectivity index is 2.05. The first-order valence-electron chi connectivity index (χ1n) is 11.0. The highest BCUT2D eigenvalue weighted by atomic mass is 79.9. The molecule has 2 aromatic carbocycles. The lowest BCUT2D eigenvalue weighted by atomic mass is 9.95. The van der Waals surface area contributed by atoms with Gasteiger partial charge in [-0.1, -0.05) is 35.1 Å². The van der Waals surface area contributed by atoms with Crippen molar-refractivity contribution in [3.63, 3.8) is 0 Å². The summed E-state index contributed by atoms with van der Waals surface area (Å²) in [6, 6.07) is 7.62. The van der Waals surface area contributed by atoms with Gasteiger partial charge in [0, 0.05) is 16.7 Å². The molecule has 4 rings (SSSR count). The molecule has 2 heterocycles. The molecule has 0 N–H and O–H groups in total. The van der Waals surface area contributed by atoms with E-state index in [2.05, 4.69) is 20.9 Å². The van der Waals surface area contributed by atoms with Crippen molar-refractivity contribution in [3.05, 3.63) is 88.0 Å². The van der Waals surface area contributed by atoms with Crippen LogP contribution in [0.25, 0.3) is 6.08 Å². The average molecular weight is 632 g/mol. The molecule has 3 aromatic rings. The maximum Gasteiger partial charge on any atom is 0.434 e. The van der Waals surface area contributed by atoms with E-state index in [4.69, 9.17) is 25.8 Å². The number of carbonyl (C=O) groups excluding carboxylic acids is 1. The van der Waals surface area contributed by atoms with E-state index in [0.29, 0.717) is 26.6 Å². The fourth-order valence-electron chi connectivity index (χ4n) is 3.94. The van der Waals surface area contributed by atoms with Gasteiger partial charge in [0.1, 0.15) is 11.5 Å². The van der Waals surface area contributed by atoms with Gasteiger partial charge in [0.05, 0.1) is 41.4 Å². The lowest BCUT2D eigenvalue weighted by Gasteiger charge is -2.26. The zero-order chi connectivity index (χ0) is 27.8. The van der Waals surface area contributed by atoms with Crippen molar-refractivity contribution in [1.82, 2.24) is 4.57 Å². The van der Waals surface area contributed by atoms with Crippen molar-refractivity contribution in [2.45, 2.75) is 19.1 Å². The van der Waals surface area contributed by atoms with Crippen LogP contribution in [0.2, 0.25) is 5.02 Å². The van der Waals surface area contributed by atoms with Crippen LogP contribution in [-0.4, -0.2) is 37.5 Å². The Labute approximate surface area is 231 Å². The smallest absolute Gasteiger partial charge is 0.434 e. The number of thiazole rings is 1. The Morgan fingerprint density at radius 3 is 2.42 bits per heavy atom. The number of alkyl halides is 3. The van der Waals surface area contributed by atoms with Crippen LogP contribution in [0.5, 0.6) is 11.5 Å². The van der Waals surface area contributed by atoms with E-state index in [1.54, 1.807) is 12.1 Å². The van der Waals surface area contributed by atoms with E-state index in [1.165, 1.54) is 51.5 Å². The molecule has 1 aromatic heterocycles. The summed E-state index contributed by atoms with van der Waals surface area (Å²) in [5.74, 6) is -0.371. The molecule has 0 unspecified atom stereocenters. The first-order valence-corrected chi connectivity index (χ1v) is 13.0. The van der Waals surface area contributed by atoms with Crippen LogP contribution in [0.4, 0.5) is 13.2 Å². The fourth-order valence-corrected chi connectivity index (χ4v) is 5.58. The number of aromatic nitrogens is 1. The highest BCUT2D eigenvalue weighted by Gasteiger charge is 2.45. The zero-order valence-corrected chi connectivity index (χ0v) is 23.2.